The molecule has 1 aliphatic heterocycles. The number of carbonyl (C=O) groups excluding carboxylic acids is 2. The Morgan fingerprint density at radius 2 is 1.89 bits per heavy atom. The molecule has 142 valence electrons. The maximum atomic E-state index is 12.7. The second kappa shape index (κ2) is 8.13. The van der Waals surface area contributed by atoms with Gasteiger partial charge in [0.2, 0.25) is 0 Å². The van der Waals surface area contributed by atoms with Crippen molar-refractivity contribution in [2.45, 2.75) is 31.4 Å². The van der Waals surface area contributed by atoms with Crippen molar-refractivity contribution in [3.05, 3.63) is 70.2 Å². The molecule has 1 amide bonds. The van der Waals surface area contributed by atoms with Crippen LogP contribution < -0.4 is 0 Å². The summed E-state index contributed by atoms with van der Waals surface area (Å²) in [5, 5.41) is 0. The Morgan fingerprint density at radius 1 is 1.22 bits per heavy atom. The van der Waals surface area contributed by atoms with E-state index in [-0.39, 0.29) is 24.5 Å². The van der Waals surface area contributed by atoms with Gasteiger partial charge in [0.1, 0.15) is 0 Å². The third-order valence-electron chi connectivity index (χ3n) is 5.02. The molecule has 1 heterocycles. The molecule has 27 heavy (non-hydrogen) atoms. The molecule has 0 aliphatic carbocycles. The summed E-state index contributed by atoms with van der Waals surface area (Å²) in [6.45, 7) is 2.36. The number of carbonyl (C=O) groups is 2. The van der Waals surface area contributed by atoms with E-state index >= 15 is 0 Å². The second-order valence-corrected chi connectivity index (χ2v) is 7.58. The van der Waals surface area contributed by atoms with Crippen LogP contribution in [-0.2, 0) is 19.9 Å². The second-order valence-electron chi connectivity index (χ2n) is 6.66. The van der Waals surface area contributed by atoms with Gasteiger partial charge in [0.05, 0.1) is 19.7 Å². The first-order chi connectivity index (χ1) is 12.9. The van der Waals surface area contributed by atoms with Crippen LogP contribution in [0, 0.1) is 0 Å². The summed E-state index contributed by atoms with van der Waals surface area (Å²) >= 11 is 3.43. The van der Waals surface area contributed by atoms with Crippen LogP contribution in [0.2, 0.25) is 0 Å². The standard InChI is InChI=1S/C21H22BrNO4/c1-15(16-8-10-18(22)11-9-16)23-14-21(27-20(23)25,13-12-19(24)26-2)17-6-4-3-5-7-17/h3-11,15H,12-14H2,1-2H3/t15-,21-/m0/s1. The van der Waals surface area contributed by atoms with E-state index in [1.54, 1.807) is 4.90 Å². The highest BCUT2D eigenvalue weighted by Gasteiger charge is 2.48. The summed E-state index contributed by atoms with van der Waals surface area (Å²) in [6.07, 6.45) is 0.178. The van der Waals surface area contributed by atoms with Crippen LogP contribution in [0.25, 0.3) is 0 Å². The first-order valence-corrected chi connectivity index (χ1v) is 9.62. The molecule has 0 unspecified atom stereocenters. The van der Waals surface area contributed by atoms with Gasteiger partial charge in [-0.25, -0.2) is 4.79 Å². The van der Waals surface area contributed by atoms with Crippen molar-refractivity contribution >= 4 is 28.0 Å². The number of methoxy groups -OCH3 is 1. The molecule has 0 aromatic heterocycles. The number of esters is 1. The van der Waals surface area contributed by atoms with Crippen LogP contribution in [0.3, 0.4) is 0 Å². The van der Waals surface area contributed by atoms with Gasteiger partial charge in [-0.1, -0.05) is 58.4 Å². The van der Waals surface area contributed by atoms with Gasteiger partial charge in [-0.05, 0) is 30.2 Å². The Bertz CT molecular complexity index is 809. The Kier molecular flexibility index (Phi) is 5.85. The van der Waals surface area contributed by atoms with Crippen molar-refractivity contribution in [2.24, 2.45) is 0 Å². The average Bonchev–Trinajstić information content (AvgIpc) is 3.04. The van der Waals surface area contributed by atoms with Gasteiger partial charge in [0.15, 0.2) is 5.60 Å². The molecular formula is C21H22BrNO4. The van der Waals surface area contributed by atoms with Crippen LogP contribution in [-0.4, -0.2) is 30.6 Å². The van der Waals surface area contributed by atoms with Gasteiger partial charge in [-0.2, -0.15) is 0 Å². The number of hydrogen-bond acceptors (Lipinski definition) is 4. The van der Waals surface area contributed by atoms with E-state index in [0.717, 1.165) is 15.6 Å². The lowest BCUT2D eigenvalue weighted by Crippen LogP contribution is -2.34. The van der Waals surface area contributed by atoms with Crippen molar-refractivity contribution in [3.8, 4) is 0 Å². The molecule has 0 bridgehead atoms. The minimum absolute atomic E-state index is 0.144. The molecule has 1 saturated heterocycles. The zero-order valence-corrected chi connectivity index (χ0v) is 16.9. The lowest BCUT2D eigenvalue weighted by atomic mass is 9.88. The molecule has 2 atom stereocenters. The van der Waals surface area contributed by atoms with E-state index in [2.05, 4.69) is 15.9 Å². The largest absolute Gasteiger partial charge is 0.469 e. The van der Waals surface area contributed by atoms with E-state index in [9.17, 15) is 9.59 Å². The topological polar surface area (TPSA) is 55.8 Å². The maximum Gasteiger partial charge on any atom is 0.411 e. The summed E-state index contributed by atoms with van der Waals surface area (Å²) < 4.78 is 11.6. The highest BCUT2D eigenvalue weighted by Crippen LogP contribution is 2.40. The van der Waals surface area contributed by atoms with Gasteiger partial charge in [0.25, 0.3) is 0 Å². The molecule has 3 rings (SSSR count). The molecule has 1 fully saturated rings. The first-order valence-electron chi connectivity index (χ1n) is 8.82. The molecule has 0 saturated carbocycles. The molecule has 2 aromatic carbocycles. The highest BCUT2D eigenvalue weighted by molar-refractivity contribution is 9.10. The third-order valence-corrected chi connectivity index (χ3v) is 5.55. The molecule has 5 nitrogen and oxygen atoms in total. The molecule has 1 aliphatic rings. The fraction of sp³-hybridized carbons (Fsp3) is 0.333. The lowest BCUT2D eigenvalue weighted by Gasteiger charge is -2.28. The third kappa shape index (κ3) is 4.16. The number of halogens is 1. The smallest absolute Gasteiger partial charge is 0.411 e. The van der Waals surface area contributed by atoms with Gasteiger partial charge in [-0.3, -0.25) is 9.69 Å². The quantitative estimate of drug-likeness (QED) is 0.615. The molecular weight excluding hydrogens is 410 g/mol. The molecule has 0 N–H and O–H groups in total. The number of ether oxygens (including phenoxy) is 2. The predicted octanol–water partition coefficient (Wildman–Crippen LogP) is 4.81. The van der Waals surface area contributed by atoms with E-state index in [1.165, 1.54) is 7.11 Å². The summed E-state index contributed by atoms with van der Waals surface area (Å²) in [6, 6.07) is 17.3. The molecule has 2 aromatic rings. The number of cyclic esters (lactones) is 1. The van der Waals surface area contributed by atoms with Crippen molar-refractivity contribution in [3.63, 3.8) is 0 Å². The fourth-order valence-electron chi connectivity index (χ4n) is 3.39. The predicted molar refractivity (Wildman–Crippen MR) is 105 cm³/mol. The van der Waals surface area contributed by atoms with Gasteiger partial charge >= 0.3 is 12.1 Å². The SMILES string of the molecule is COC(=O)CC[C@@]1(c2ccccc2)CN([C@@H](C)c2ccc(Br)cc2)C(=O)O1. The lowest BCUT2D eigenvalue weighted by molar-refractivity contribution is -0.141. The normalized spacial score (nSPS) is 20.3. The summed E-state index contributed by atoms with van der Waals surface area (Å²) in [4.78, 5) is 26.2. The first kappa shape index (κ1) is 19.4. The summed E-state index contributed by atoms with van der Waals surface area (Å²) in [5.41, 5.74) is 1.04. The van der Waals surface area contributed by atoms with Crippen molar-refractivity contribution in [2.75, 3.05) is 13.7 Å². The zero-order chi connectivity index (χ0) is 19.4. The van der Waals surface area contributed by atoms with E-state index in [1.807, 2.05) is 61.5 Å². The maximum absolute atomic E-state index is 12.7. The van der Waals surface area contributed by atoms with Gasteiger partial charge in [-0.15, -0.1) is 0 Å². The Balaban J connectivity index is 1.88. The van der Waals surface area contributed by atoms with Crippen LogP contribution in [0.5, 0.6) is 0 Å². The summed E-state index contributed by atoms with van der Waals surface area (Å²) in [5.74, 6) is -0.319. The van der Waals surface area contributed by atoms with E-state index in [0.29, 0.717) is 13.0 Å². The van der Waals surface area contributed by atoms with Crippen LogP contribution in [0.15, 0.2) is 59.1 Å². The van der Waals surface area contributed by atoms with Crippen LogP contribution >= 0.6 is 15.9 Å². The Labute approximate surface area is 167 Å². The number of benzene rings is 2. The van der Waals surface area contributed by atoms with Crippen molar-refractivity contribution < 1.29 is 19.1 Å². The number of amides is 1. The van der Waals surface area contributed by atoms with Crippen LogP contribution in [0.4, 0.5) is 4.79 Å². The fourth-order valence-corrected chi connectivity index (χ4v) is 3.65. The van der Waals surface area contributed by atoms with Gasteiger partial charge < -0.3 is 9.47 Å². The molecule has 0 radical (unpaired) electrons. The Hall–Kier alpha value is -2.34. The highest BCUT2D eigenvalue weighted by atomic mass is 79.9. The number of nitrogens with zero attached hydrogens (tertiary/aromatic N) is 1. The minimum Gasteiger partial charge on any atom is -0.469 e. The minimum atomic E-state index is -0.865. The molecule has 0 spiro atoms. The van der Waals surface area contributed by atoms with E-state index < -0.39 is 5.60 Å². The van der Waals surface area contributed by atoms with Crippen LogP contribution in [0.1, 0.15) is 36.9 Å². The monoisotopic (exact) mass is 431 g/mol. The molecule has 6 heteroatoms. The number of hydrogen-bond donors (Lipinski definition) is 0. The zero-order valence-electron chi connectivity index (χ0n) is 15.4. The van der Waals surface area contributed by atoms with Crippen molar-refractivity contribution in [1.82, 2.24) is 4.90 Å². The summed E-state index contributed by atoms with van der Waals surface area (Å²) in [7, 11) is 1.36. The van der Waals surface area contributed by atoms with Gasteiger partial charge in [0, 0.05) is 17.3 Å². The number of rotatable bonds is 6. The Morgan fingerprint density at radius 3 is 2.52 bits per heavy atom. The average molecular weight is 432 g/mol. The van der Waals surface area contributed by atoms with E-state index in [4.69, 9.17) is 9.47 Å². The van der Waals surface area contributed by atoms with Crippen molar-refractivity contribution in [1.29, 1.82) is 0 Å².